The Bertz CT molecular complexity index is 1260. The molecule has 3 N–H and O–H groups in total. The van der Waals surface area contributed by atoms with E-state index in [1.165, 1.54) is 141 Å². The lowest BCUT2D eigenvalue weighted by Gasteiger charge is -2.40. The van der Waals surface area contributed by atoms with Crippen LogP contribution in [0.15, 0.2) is 12.2 Å². The van der Waals surface area contributed by atoms with Gasteiger partial charge in [-0.2, -0.15) is 0 Å². The lowest BCUT2D eigenvalue weighted by Crippen LogP contribution is -2.61. The van der Waals surface area contributed by atoms with Gasteiger partial charge in [-0.15, -0.1) is 0 Å². The molecule has 0 amide bonds. The lowest BCUT2D eigenvalue weighted by atomic mass is 9.98. The average Bonchev–Trinajstić information content (AvgIpc) is 3.33. The summed E-state index contributed by atoms with van der Waals surface area (Å²) in [4.78, 5) is 50.9. The topological polar surface area (TPSA) is 175 Å². The molecule has 0 aromatic heterocycles. The Balaban J connectivity index is 2.66. The average molecular weight is 981 g/mol. The third kappa shape index (κ3) is 37.0. The van der Waals surface area contributed by atoms with Crippen molar-refractivity contribution in [2.45, 2.75) is 314 Å². The van der Waals surface area contributed by atoms with Gasteiger partial charge in [-0.3, -0.25) is 14.4 Å². The fraction of sp³-hybridized carbons (Fsp3) is 0.895. The van der Waals surface area contributed by atoms with Crippen LogP contribution < -0.4 is 0 Å². The van der Waals surface area contributed by atoms with Gasteiger partial charge in [-0.1, -0.05) is 226 Å². The number of ether oxygens (including phenoxy) is 5. The second kappa shape index (κ2) is 46.5. The lowest BCUT2D eigenvalue weighted by molar-refractivity contribution is -0.301. The van der Waals surface area contributed by atoms with Crippen LogP contribution in [0.2, 0.25) is 0 Å². The number of rotatable bonds is 49. The molecule has 404 valence electrons. The highest BCUT2D eigenvalue weighted by Crippen LogP contribution is 2.26. The van der Waals surface area contributed by atoms with Crippen LogP contribution in [0.5, 0.6) is 0 Å². The number of carboxylic acid groups (broad SMARTS) is 1. The van der Waals surface area contributed by atoms with E-state index in [1.807, 2.05) is 0 Å². The van der Waals surface area contributed by atoms with Gasteiger partial charge in [0.05, 0.1) is 6.61 Å². The Kier molecular flexibility index (Phi) is 43.5. The predicted octanol–water partition coefficient (Wildman–Crippen LogP) is 14.1. The molecular weight excluding hydrogens is 877 g/mol. The van der Waals surface area contributed by atoms with E-state index in [0.29, 0.717) is 19.3 Å². The molecule has 1 saturated heterocycles. The molecular formula is C57H104O12. The molecule has 1 rings (SSSR count). The normalized spacial score (nSPS) is 18.7. The van der Waals surface area contributed by atoms with Gasteiger partial charge in [0.15, 0.2) is 24.6 Å². The van der Waals surface area contributed by atoms with Gasteiger partial charge in [0.2, 0.25) is 0 Å². The van der Waals surface area contributed by atoms with Crippen molar-refractivity contribution >= 4 is 23.9 Å². The second-order valence-electron chi connectivity index (χ2n) is 19.9. The summed E-state index contributed by atoms with van der Waals surface area (Å²) < 4.78 is 28.3. The molecule has 0 radical (unpaired) electrons. The van der Waals surface area contributed by atoms with E-state index in [4.69, 9.17) is 23.7 Å². The number of carboxylic acids is 1. The van der Waals surface area contributed by atoms with Crippen molar-refractivity contribution in [1.82, 2.24) is 0 Å². The minimum atomic E-state index is -1.89. The Labute approximate surface area is 420 Å². The van der Waals surface area contributed by atoms with Crippen molar-refractivity contribution in [3.63, 3.8) is 0 Å². The van der Waals surface area contributed by atoms with Crippen molar-refractivity contribution in [1.29, 1.82) is 0 Å². The molecule has 0 aliphatic carbocycles. The summed E-state index contributed by atoms with van der Waals surface area (Å²) >= 11 is 0. The van der Waals surface area contributed by atoms with Gasteiger partial charge in [-0.25, -0.2) is 4.79 Å². The third-order valence-corrected chi connectivity index (χ3v) is 13.3. The zero-order chi connectivity index (χ0) is 50.4. The van der Waals surface area contributed by atoms with E-state index in [1.54, 1.807) is 0 Å². The molecule has 1 aliphatic rings. The summed E-state index contributed by atoms with van der Waals surface area (Å²) in [6.45, 7) is 5.97. The van der Waals surface area contributed by atoms with E-state index in [2.05, 4.69) is 32.9 Å². The number of hydrogen-bond acceptors (Lipinski definition) is 11. The van der Waals surface area contributed by atoms with E-state index in [9.17, 15) is 34.5 Å². The fourth-order valence-corrected chi connectivity index (χ4v) is 8.89. The monoisotopic (exact) mass is 981 g/mol. The van der Waals surface area contributed by atoms with Crippen molar-refractivity contribution in [2.75, 3.05) is 13.2 Å². The van der Waals surface area contributed by atoms with Crippen molar-refractivity contribution < 1.29 is 58.2 Å². The number of carbonyl (C=O) groups is 4. The molecule has 1 heterocycles. The zero-order valence-corrected chi connectivity index (χ0v) is 44.3. The molecule has 0 spiro atoms. The Morgan fingerprint density at radius 3 is 1.23 bits per heavy atom. The van der Waals surface area contributed by atoms with E-state index in [0.717, 1.165) is 77.0 Å². The van der Waals surface area contributed by atoms with Crippen LogP contribution in [0.3, 0.4) is 0 Å². The van der Waals surface area contributed by atoms with Crippen LogP contribution in [-0.2, 0) is 42.9 Å². The zero-order valence-electron chi connectivity index (χ0n) is 44.3. The number of aliphatic hydroxyl groups is 2. The number of carbonyl (C=O) groups excluding carboxylic acids is 3. The third-order valence-electron chi connectivity index (χ3n) is 13.3. The van der Waals surface area contributed by atoms with Crippen LogP contribution in [0.4, 0.5) is 0 Å². The van der Waals surface area contributed by atoms with E-state index < -0.39 is 67.3 Å². The maximum absolute atomic E-state index is 13.0. The first-order valence-corrected chi connectivity index (χ1v) is 28.7. The maximum Gasteiger partial charge on any atom is 0.335 e. The molecule has 6 atom stereocenters. The Morgan fingerprint density at radius 2 is 0.826 bits per heavy atom. The molecule has 1 fully saturated rings. The number of esters is 3. The number of aliphatic carboxylic acids is 1. The van der Waals surface area contributed by atoms with Gasteiger partial charge in [-0.05, 0) is 44.9 Å². The number of unbranched alkanes of at least 4 members (excludes halogenated alkanes) is 33. The summed E-state index contributed by atoms with van der Waals surface area (Å²) in [7, 11) is 0. The summed E-state index contributed by atoms with van der Waals surface area (Å²) in [5.41, 5.74) is 0. The molecule has 0 saturated carbocycles. The molecule has 1 aliphatic heterocycles. The van der Waals surface area contributed by atoms with Crippen LogP contribution in [0, 0.1) is 0 Å². The smallest absolute Gasteiger partial charge is 0.335 e. The van der Waals surface area contributed by atoms with E-state index in [-0.39, 0.29) is 25.9 Å². The summed E-state index contributed by atoms with van der Waals surface area (Å²) in [6.07, 6.45) is 37.7. The highest BCUT2D eigenvalue weighted by molar-refractivity contribution is 5.74. The fourth-order valence-electron chi connectivity index (χ4n) is 8.89. The summed E-state index contributed by atoms with van der Waals surface area (Å²) in [5, 5.41) is 31.4. The van der Waals surface area contributed by atoms with E-state index >= 15 is 0 Å². The van der Waals surface area contributed by atoms with Gasteiger partial charge >= 0.3 is 23.9 Å². The van der Waals surface area contributed by atoms with Gasteiger partial charge in [0.25, 0.3) is 0 Å². The molecule has 0 aromatic rings. The van der Waals surface area contributed by atoms with Crippen molar-refractivity contribution in [3.05, 3.63) is 12.2 Å². The molecule has 12 nitrogen and oxygen atoms in total. The first-order chi connectivity index (χ1) is 33.6. The number of aliphatic hydroxyl groups excluding tert-OH is 2. The standard InChI is InChI=1S/C57H104O12/c1-4-7-10-13-16-19-21-23-25-27-29-32-34-37-40-43-49(58)65-46-48(67-50(59)44-41-38-35-31-18-15-12-9-6-3)47-66-57-55(53(62)52(61)54(69-57)56(63)64)68-51(60)45-42-39-36-33-30-28-26-24-22-20-17-14-11-8-5-2/h23,25,48,52-55,57,61-62H,4-22,24,26-47H2,1-3H3,(H,63,64)/b25-23-. The van der Waals surface area contributed by atoms with Crippen LogP contribution >= 0.6 is 0 Å². The predicted molar refractivity (Wildman–Crippen MR) is 276 cm³/mol. The van der Waals surface area contributed by atoms with Crippen LogP contribution in [-0.4, -0.2) is 89.2 Å². The summed E-state index contributed by atoms with van der Waals surface area (Å²) in [6, 6.07) is 0. The highest BCUT2D eigenvalue weighted by Gasteiger charge is 2.50. The van der Waals surface area contributed by atoms with Crippen LogP contribution in [0.25, 0.3) is 0 Å². The largest absolute Gasteiger partial charge is 0.479 e. The molecule has 0 bridgehead atoms. The van der Waals surface area contributed by atoms with Gasteiger partial charge in [0.1, 0.15) is 18.8 Å². The van der Waals surface area contributed by atoms with Gasteiger partial charge in [0, 0.05) is 19.3 Å². The minimum Gasteiger partial charge on any atom is -0.479 e. The number of allylic oxidation sites excluding steroid dienone is 2. The maximum atomic E-state index is 13.0. The second-order valence-corrected chi connectivity index (χ2v) is 19.9. The van der Waals surface area contributed by atoms with Crippen LogP contribution in [0.1, 0.15) is 278 Å². The summed E-state index contributed by atoms with van der Waals surface area (Å²) in [5.74, 6) is -3.10. The molecule has 69 heavy (non-hydrogen) atoms. The molecule has 6 unspecified atom stereocenters. The van der Waals surface area contributed by atoms with Crippen molar-refractivity contribution in [3.8, 4) is 0 Å². The first-order valence-electron chi connectivity index (χ1n) is 28.7. The Hall–Kier alpha value is -2.54. The van der Waals surface area contributed by atoms with Crippen molar-refractivity contribution in [2.24, 2.45) is 0 Å². The molecule has 0 aromatic carbocycles. The quantitative estimate of drug-likeness (QED) is 0.0228. The Morgan fingerprint density at radius 1 is 0.464 bits per heavy atom. The first kappa shape index (κ1) is 64.5. The highest BCUT2D eigenvalue weighted by atomic mass is 16.7. The number of hydrogen-bond donors (Lipinski definition) is 3. The van der Waals surface area contributed by atoms with Gasteiger partial charge < -0.3 is 39.0 Å². The SMILES string of the molecule is CCCCCCCC/C=C\CCCCCCCC(=O)OCC(COC1OC(C(=O)O)C(O)C(O)C1OC(=O)CCCCCCCCCCCCCCCCC)OC(=O)CCCCCCCCCCC. The minimum absolute atomic E-state index is 0.0679. The molecule has 12 heteroatoms.